The quantitative estimate of drug-likeness (QED) is 0.855. The van der Waals surface area contributed by atoms with E-state index in [-0.39, 0.29) is 0 Å². The van der Waals surface area contributed by atoms with Crippen molar-refractivity contribution in [2.45, 2.75) is 38.6 Å². The maximum Gasteiger partial charge on any atom is 0.107 e. The van der Waals surface area contributed by atoms with Gasteiger partial charge in [0.25, 0.3) is 0 Å². The van der Waals surface area contributed by atoms with Crippen molar-refractivity contribution in [1.29, 1.82) is 0 Å². The average Bonchev–Trinajstić information content (AvgIpc) is 2.37. The Morgan fingerprint density at radius 2 is 2.05 bits per heavy atom. The first-order valence-corrected chi connectivity index (χ1v) is 7.62. The van der Waals surface area contributed by atoms with Crippen LogP contribution in [0, 0.1) is 5.92 Å². The van der Waals surface area contributed by atoms with Crippen LogP contribution in [0.5, 0.6) is 0 Å². The van der Waals surface area contributed by atoms with Crippen LogP contribution in [0.1, 0.15) is 38.2 Å². The van der Waals surface area contributed by atoms with Gasteiger partial charge >= 0.3 is 0 Å². The number of benzene rings is 1. The molecule has 2 nitrogen and oxygen atoms in total. The summed E-state index contributed by atoms with van der Waals surface area (Å²) in [6.45, 7) is 2.32. The van der Waals surface area contributed by atoms with Crippen molar-refractivity contribution in [3.63, 3.8) is 0 Å². The molecule has 0 bridgehead atoms. The van der Waals surface area contributed by atoms with E-state index < -0.39 is 0 Å². The van der Waals surface area contributed by atoms with Crippen LogP contribution in [0.4, 0.5) is 5.69 Å². The van der Waals surface area contributed by atoms with Gasteiger partial charge in [-0.15, -0.1) is 0 Å². The van der Waals surface area contributed by atoms with Crippen molar-refractivity contribution in [3.05, 3.63) is 28.8 Å². The molecule has 0 aromatic heterocycles. The second-order valence-corrected chi connectivity index (χ2v) is 6.29. The summed E-state index contributed by atoms with van der Waals surface area (Å²) in [5, 5.41) is 0.639. The highest BCUT2D eigenvalue weighted by Crippen LogP contribution is 2.34. The first-order chi connectivity index (χ1) is 9.02. The first-order valence-electron chi connectivity index (χ1n) is 6.83. The molecular formula is C15H21ClN2S. The smallest absolute Gasteiger partial charge is 0.107 e. The second kappa shape index (κ2) is 6.10. The predicted octanol–water partition coefficient (Wildman–Crippen LogP) is 3.99. The summed E-state index contributed by atoms with van der Waals surface area (Å²) in [6.07, 6.45) is 5.14. The molecule has 104 valence electrons. The number of halogens is 1. The Balaban J connectivity index is 2.35. The lowest BCUT2D eigenvalue weighted by Crippen LogP contribution is -2.40. The number of anilines is 1. The number of rotatable bonds is 3. The van der Waals surface area contributed by atoms with Crippen LogP contribution in [0.2, 0.25) is 5.02 Å². The van der Waals surface area contributed by atoms with E-state index in [2.05, 4.69) is 24.9 Å². The van der Waals surface area contributed by atoms with E-state index in [1.807, 2.05) is 12.1 Å². The Morgan fingerprint density at radius 1 is 1.37 bits per heavy atom. The lowest BCUT2D eigenvalue weighted by Gasteiger charge is -2.38. The highest BCUT2D eigenvalue weighted by atomic mass is 35.5. The fourth-order valence-corrected chi connectivity index (χ4v) is 3.64. The molecule has 1 saturated carbocycles. The van der Waals surface area contributed by atoms with Gasteiger partial charge in [-0.2, -0.15) is 0 Å². The van der Waals surface area contributed by atoms with Crippen molar-refractivity contribution in [1.82, 2.24) is 0 Å². The van der Waals surface area contributed by atoms with Crippen molar-refractivity contribution in [3.8, 4) is 0 Å². The normalized spacial score (nSPS) is 23.1. The van der Waals surface area contributed by atoms with Crippen molar-refractivity contribution >= 4 is 34.5 Å². The molecule has 0 radical (unpaired) electrons. The van der Waals surface area contributed by atoms with E-state index in [4.69, 9.17) is 29.6 Å². The van der Waals surface area contributed by atoms with Gasteiger partial charge in [0.15, 0.2) is 0 Å². The highest BCUT2D eigenvalue weighted by molar-refractivity contribution is 7.80. The van der Waals surface area contributed by atoms with Gasteiger partial charge in [-0.25, -0.2) is 0 Å². The summed E-state index contributed by atoms with van der Waals surface area (Å²) in [4.78, 5) is 2.68. The molecular weight excluding hydrogens is 276 g/mol. The standard InChI is InChI=1S/C15H21ClN2S/c1-10-6-3-4-8-12(10)18(2)13-9-5-7-11(16)14(13)15(17)19/h5,7,9-10,12H,3-4,6,8H2,1-2H3,(H2,17,19). The molecule has 0 saturated heterocycles. The zero-order chi connectivity index (χ0) is 14.0. The fourth-order valence-electron chi connectivity index (χ4n) is 3.10. The van der Waals surface area contributed by atoms with Gasteiger partial charge in [-0.05, 0) is 30.9 Å². The van der Waals surface area contributed by atoms with Gasteiger partial charge in [-0.1, -0.05) is 49.7 Å². The number of hydrogen-bond acceptors (Lipinski definition) is 2. The van der Waals surface area contributed by atoms with E-state index in [1.54, 1.807) is 0 Å². The molecule has 19 heavy (non-hydrogen) atoms. The van der Waals surface area contributed by atoms with E-state index in [1.165, 1.54) is 25.7 Å². The molecule has 1 fully saturated rings. The van der Waals surface area contributed by atoms with Gasteiger partial charge in [0.05, 0.1) is 10.6 Å². The monoisotopic (exact) mass is 296 g/mol. The third-order valence-electron chi connectivity index (χ3n) is 4.18. The largest absolute Gasteiger partial charge is 0.389 e. The van der Waals surface area contributed by atoms with Crippen molar-refractivity contribution < 1.29 is 0 Å². The van der Waals surface area contributed by atoms with E-state index in [9.17, 15) is 0 Å². The molecule has 1 aliphatic carbocycles. The molecule has 2 rings (SSSR count). The summed E-state index contributed by atoms with van der Waals surface area (Å²) in [7, 11) is 2.12. The van der Waals surface area contributed by atoms with Crippen molar-refractivity contribution in [2.75, 3.05) is 11.9 Å². The number of hydrogen-bond donors (Lipinski definition) is 1. The molecule has 0 spiro atoms. The predicted molar refractivity (Wildman–Crippen MR) is 87.2 cm³/mol. The Hall–Kier alpha value is -0.800. The number of nitrogens with two attached hydrogens (primary N) is 1. The lowest BCUT2D eigenvalue weighted by atomic mass is 9.84. The zero-order valence-electron chi connectivity index (χ0n) is 11.5. The van der Waals surface area contributed by atoms with E-state index in [0.29, 0.717) is 22.0 Å². The first kappa shape index (κ1) is 14.6. The molecule has 4 heteroatoms. The molecule has 1 aromatic carbocycles. The Bertz CT molecular complexity index is 475. The molecule has 1 aliphatic rings. The average molecular weight is 297 g/mol. The topological polar surface area (TPSA) is 29.3 Å². The lowest BCUT2D eigenvalue weighted by molar-refractivity contribution is 0.321. The van der Waals surface area contributed by atoms with Crippen molar-refractivity contribution in [2.24, 2.45) is 11.7 Å². The van der Waals surface area contributed by atoms with E-state index in [0.717, 1.165) is 11.3 Å². The minimum Gasteiger partial charge on any atom is -0.389 e. The number of nitrogens with zero attached hydrogens (tertiary/aromatic N) is 1. The molecule has 0 aliphatic heterocycles. The van der Waals surface area contributed by atoms with Gasteiger partial charge in [0, 0.05) is 18.8 Å². The van der Waals surface area contributed by atoms with Crippen LogP contribution in [0.15, 0.2) is 18.2 Å². The summed E-state index contributed by atoms with van der Waals surface area (Å²) >= 11 is 11.4. The van der Waals surface area contributed by atoms with Gasteiger partial charge in [0.2, 0.25) is 0 Å². The third-order valence-corrected chi connectivity index (χ3v) is 4.70. The Labute approximate surface area is 125 Å². The second-order valence-electron chi connectivity index (χ2n) is 5.44. The van der Waals surface area contributed by atoms with Crippen LogP contribution in [0.3, 0.4) is 0 Å². The molecule has 1 aromatic rings. The van der Waals surface area contributed by atoms with Crippen LogP contribution < -0.4 is 10.6 Å². The summed E-state index contributed by atoms with van der Waals surface area (Å²) in [5.41, 5.74) is 7.70. The summed E-state index contributed by atoms with van der Waals surface area (Å²) in [5.74, 6) is 0.692. The maximum atomic E-state index is 6.25. The van der Waals surface area contributed by atoms with Crippen LogP contribution in [0.25, 0.3) is 0 Å². The van der Waals surface area contributed by atoms with Crippen LogP contribution >= 0.6 is 23.8 Å². The molecule has 0 amide bonds. The van der Waals surface area contributed by atoms with Gasteiger partial charge < -0.3 is 10.6 Å². The highest BCUT2D eigenvalue weighted by Gasteiger charge is 2.27. The number of thiocarbonyl (C=S) groups is 1. The SMILES string of the molecule is CC1CCCCC1N(C)c1cccc(Cl)c1C(N)=S. The fraction of sp³-hybridized carbons (Fsp3) is 0.533. The minimum absolute atomic E-state index is 0.371. The zero-order valence-corrected chi connectivity index (χ0v) is 13.1. The molecule has 2 N–H and O–H groups in total. The molecule has 0 heterocycles. The maximum absolute atomic E-state index is 6.25. The minimum atomic E-state index is 0.371. The molecule has 2 atom stereocenters. The van der Waals surface area contributed by atoms with Gasteiger partial charge in [-0.3, -0.25) is 0 Å². The van der Waals surface area contributed by atoms with Crippen LogP contribution in [-0.4, -0.2) is 18.1 Å². The Morgan fingerprint density at radius 3 is 2.68 bits per heavy atom. The van der Waals surface area contributed by atoms with E-state index >= 15 is 0 Å². The molecule has 2 unspecified atom stereocenters. The Kier molecular flexibility index (Phi) is 4.69. The summed E-state index contributed by atoms with van der Waals surface area (Å²) < 4.78 is 0. The third kappa shape index (κ3) is 3.03. The van der Waals surface area contributed by atoms with Crippen LogP contribution in [-0.2, 0) is 0 Å². The summed E-state index contributed by atoms with van der Waals surface area (Å²) in [6, 6.07) is 6.41. The van der Waals surface area contributed by atoms with Gasteiger partial charge in [0.1, 0.15) is 4.99 Å².